The fourth-order valence-electron chi connectivity index (χ4n) is 1.84. The summed E-state index contributed by atoms with van der Waals surface area (Å²) in [5, 5.41) is 8.61. The highest BCUT2D eigenvalue weighted by Gasteiger charge is 2.40. The van der Waals surface area contributed by atoms with Crippen LogP contribution >= 0.6 is 0 Å². The van der Waals surface area contributed by atoms with Crippen molar-refractivity contribution >= 4 is 17.8 Å². The van der Waals surface area contributed by atoms with Gasteiger partial charge in [-0.25, -0.2) is 0 Å². The van der Waals surface area contributed by atoms with Crippen molar-refractivity contribution < 1.29 is 19.5 Å². The van der Waals surface area contributed by atoms with Gasteiger partial charge in [0.05, 0.1) is 5.92 Å². The van der Waals surface area contributed by atoms with Crippen molar-refractivity contribution in [2.24, 2.45) is 0 Å². The van der Waals surface area contributed by atoms with Gasteiger partial charge in [0, 0.05) is 18.8 Å². The quantitative estimate of drug-likeness (QED) is 0.744. The summed E-state index contributed by atoms with van der Waals surface area (Å²) in [7, 11) is 0. The smallest absolute Gasteiger partial charge is 0.323 e. The van der Waals surface area contributed by atoms with Gasteiger partial charge in [-0.1, -0.05) is 0 Å². The number of nitrogens with zero attached hydrogens (tertiary/aromatic N) is 2. The lowest BCUT2D eigenvalue weighted by molar-refractivity contribution is -0.148. The number of aliphatic carboxylic acids is 1. The molecule has 1 saturated heterocycles. The van der Waals surface area contributed by atoms with Crippen LogP contribution in [-0.2, 0) is 14.4 Å². The summed E-state index contributed by atoms with van der Waals surface area (Å²) in [5.74, 6) is -2.67. The van der Waals surface area contributed by atoms with Gasteiger partial charge in [0.2, 0.25) is 11.8 Å². The van der Waals surface area contributed by atoms with E-state index in [0.29, 0.717) is 5.56 Å². The number of amides is 2. The molecule has 2 amide bonds. The first kappa shape index (κ1) is 11.3. The average molecular weight is 234 g/mol. The van der Waals surface area contributed by atoms with Crippen LogP contribution in [0.25, 0.3) is 0 Å². The summed E-state index contributed by atoms with van der Waals surface area (Å²) in [6, 6.07) is 3.31. The molecule has 6 nitrogen and oxygen atoms in total. The molecule has 1 unspecified atom stereocenters. The zero-order chi connectivity index (χ0) is 12.4. The standard InChI is InChI=1S/C11H10N2O4/c14-9-5-8(7-1-3-12-4-2-7)11(17)13(9)6-10(15)16/h1-4,8H,5-6H2,(H,15,16). The molecule has 0 bridgehead atoms. The number of hydrogen-bond donors (Lipinski definition) is 1. The van der Waals surface area contributed by atoms with Crippen molar-refractivity contribution in [1.29, 1.82) is 0 Å². The maximum atomic E-state index is 11.9. The number of likely N-dealkylation sites (tertiary alicyclic amines) is 1. The van der Waals surface area contributed by atoms with Crippen LogP contribution in [0, 0.1) is 0 Å². The largest absolute Gasteiger partial charge is 0.480 e. The maximum Gasteiger partial charge on any atom is 0.323 e. The molecular formula is C11H10N2O4. The zero-order valence-electron chi connectivity index (χ0n) is 8.87. The maximum absolute atomic E-state index is 11.9. The molecule has 0 saturated carbocycles. The molecule has 1 aromatic rings. The Morgan fingerprint density at radius 2 is 2.06 bits per heavy atom. The number of carbonyl (C=O) groups excluding carboxylic acids is 2. The monoisotopic (exact) mass is 234 g/mol. The molecule has 0 aliphatic carbocycles. The van der Waals surface area contributed by atoms with E-state index in [0.717, 1.165) is 4.90 Å². The van der Waals surface area contributed by atoms with Crippen LogP contribution < -0.4 is 0 Å². The van der Waals surface area contributed by atoms with Gasteiger partial charge >= 0.3 is 5.97 Å². The van der Waals surface area contributed by atoms with E-state index in [1.54, 1.807) is 12.1 Å². The molecular weight excluding hydrogens is 224 g/mol. The lowest BCUT2D eigenvalue weighted by Gasteiger charge is -2.11. The lowest BCUT2D eigenvalue weighted by atomic mass is 9.99. The molecule has 88 valence electrons. The number of aromatic nitrogens is 1. The van der Waals surface area contributed by atoms with Crippen molar-refractivity contribution in [1.82, 2.24) is 9.88 Å². The highest BCUT2D eigenvalue weighted by atomic mass is 16.4. The van der Waals surface area contributed by atoms with Crippen LogP contribution in [0.4, 0.5) is 0 Å². The molecule has 1 fully saturated rings. The van der Waals surface area contributed by atoms with Gasteiger partial charge in [0.15, 0.2) is 0 Å². The Labute approximate surface area is 96.9 Å². The lowest BCUT2D eigenvalue weighted by Crippen LogP contribution is -2.35. The van der Waals surface area contributed by atoms with Crippen LogP contribution in [0.3, 0.4) is 0 Å². The van der Waals surface area contributed by atoms with Crippen molar-refractivity contribution in [2.75, 3.05) is 6.54 Å². The summed E-state index contributed by atoms with van der Waals surface area (Å²) in [5.41, 5.74) is 0.686. The minimum Gasteiger partial charge on any atom is -0.480 e. The van der Waals surface area contributed by atoms with Gasteiger partial charge in [0.1, 0.15) is 6.54 Å². The van der Waals surface area contributed by atoms with Gasteiger partial charge < -0.3 is 5.11 Å². The zero-order valence-corrected chi connectivity index (χ0v) is 8.87. The second-order valence-corrected chi connectivity index (χ2v) is 3.75. The average Bonchev–Trinajstić information content (AvgIpc) is 2.58. The molecule has 0 spiro atoms. The SMILES string of the molecule is O=C(O)CN1C(=O)CC(c2ccncc2)C1=O. The molecule has 2 heterocycles. The topological polar surface area (TPSA) is 87.6 Å². The number of carboxylic acids is 1. The first-order valence-corrected chi connectivity index (χ1v) is 5.05. The van der Waals surface area contributed by atoms with E-state index in [1.807, 2.05) is 0 Å². The molecule has 17 heavy (non-hydrogen) atoms. The molecule has 1 aliphatic rings. The Hall–Kier alpha value is -2.24. The van der Waals surface area contributed by atoms with Crippen molar-refractivity contribution in [3.63, 3.8) is 0 Å². The third kappa shape index (κ3) is 2.15. The van der Waals surface area contributed by atoms with E-state index in [2.05, 4.69) is 4.98 Å². The third-order valence-electron chi connectivity index (χ3n) is 2.65. The van der Waals surface area contributed by atoms with Crippen molar-refractivity contribution in [3.8, 4) is 0 Å². The van der Waals surface area contributed by atoms with E-state index in [-0.39, 0.29) is 6.42 Å². The number of carbonyl (C=O) groups is 3. The summed E-state index contributed by atoms with van der Waals surface area (Å²) in [6.07, 6.45) is 3.09. The number of pyridine rings is 1. The number of carboxylic acid groups (broad SMARTS) is 1. The fourth-order valence-corrected chi connectivity index (χ4v) is 1.84. The third-order valence-corrected chi connectivity index (χ3v) is 2.65. The predicted molar refractivity (Wildman–Crippen MR) is 56.0 cm³/mol. The van der Waals surface area contributed by atoms with Crippen LogP contribution in [-0.4, -0.2) is 39.3 Å². The molecule has 1 aromatic heterocycles. The summed E-state index contributed by atoms with van der Waals surface area (Å²) in [4.78, 5) is 38.5. The van der Waals surface area contributed by atoms with E-state index >= 15 is 0 Å². The van der Waals surface area contributed by atoms with Gasteiger partial charge in [-0.05, 0) is 17.7 Å². The molecule has 1 aliphatic heterocycles. The molecule has 2 rings (SSSR count). The van der Waals surface area contributed by atoms with E-state index in [1.165, 1.54) is 12.4 Å². The number of imide groups is 1. The Balaban J connectivity index is 2.22. The van der Waals surface area contributed by atoms with Crippen molar-refractivity contribution in [3.05, 3.63) is 30.1 Å². The minimum absolute atomic E-state index is 0.0239. The Bertz CT molecular complexity index is 472. The van der Waals surface area contributed by atoms with E-state index in [4.69, 9.17) is 5.11 Å². The Morgan fingerprint density at radius 1 is 1.41 bits per heavy atom. The van der Waals surface area contributed by atoms with Gasteiger partial charge in [-0.3, -0.25) is 24.3 Å². The van der Waals surface area contributed by atoms with Crippen LogP contribution in [0.15, 0.2) is 24.5 Å². The van der Waals surface area contributed by atoms with Crippen LogP contribution in [0.1, 0.15) is 17.9 Å². The number of hydrogen-bond acceptors (Lipinski definition) is 4. The normalized spacial score (nSPS) is 19.8. The molecule has 1 atom stereocenters. The summed E-state index contributed by atoms with van der Waals surface area (Å²) < 4.78 is 0. The Kier molecular flexibility index (Phi) is 2.86. The first-order chi connectivity index (χ1) is 8.09. The molecule has 0 aromatic carbocycles. The van der Waals surface area contributed by atoms with Gasteiger partial charge in [0.25, 0.3) is 0 Å². The molecule has 0 radical (unpaired) electrons. The van der Waals surface area contributed by atoms with Crippen LogP contribution in [0.2, 0.25) is 0 Å². The van der Waals surface area contributed by atoms with Gasteiger partial charge in [-0.15, -0.1) is 0 Å². The predicted octanol–water partition coefficient (Wildman–Crippen LogP) is 0.00870. The molecule has 6 heteroatoms. The first-order valence-electron chi connectivity index (χ1n) is 5.05. The second kappa shape index (κ2) is 4.32. The fraction of sp³-hybridized carbons (Fsp3) is 0.273. The Morgan fingerprint density at radius 3 is 2.65 bits per heavy atom. The number of rotatable bonds is 3. The summed E-state index contributed by atoms with van der Waals surface area (Å²) >= 11 is 0. The molecule has 1 N–H and O–H groups in total. The van der Waals surface area contributed by atoms with Crippen LogP contribution in [0.5, 0.6) is 0 Å². The van der Waals surface area contributed by atoms with E-state index in [9.17, 15) is 14.4 Å². The minimum atomic E-state index is -1.19. The highest BCUT2D eigenvalue weighted by molar-refractivity contribution is 6.07. The summed E-state index contributed by atoms with van der Waals surface area (Å²) in [6.45, 7) is -0.570. The highest BCUT2D eigenvalue weighted by Crippen LogP contribution is 2.28. The van der Waals surface area contributed by atoms with E-state index < -0.39 is 30.2 Å². The van der Waals surface area contributed by atoms with Crippen molar-refractivity contribution in [2.45, 2.75) is 12.3 Å². The van der Waals surface area contributed by atoms with Gasteiger partial charge in [-0.2, -0.15) is 0 Å². The second-order valence-electron chi connectivity index (χ2n) is 3.75.